The molecule has 8 nitrogen and oxygen atoms in total. The van der Waals surface area contributed by atoms with Crippen LogP contribution in [-0.4, -0.2) is 31.6 Å². The summed E-state index contributed by atoms with van der Waals surface area (Å²) in [7, 11) is 1.29. The molecule has 1 aromatic heterocycles. The van der Waals surface area contributed by atoms with Gasteiger partial charge in [-0.2, -0.15) is 0 Å². The molecule has 0 bridgehead atoms. The molecule has 3 aromatic rings. The molecule has 2 aromatic carbocycles. The number of amides is 1. The molecule has 0 unspecified atom stereocenters. The van der Waals surface area contributed by atoms with Gasteiger partial charge in [0.05, 0.1) is 12.7 Å². The number of fused-ring (bicyclic) bond motifs is 1. The van der Waals surface area contributed by atoms with E-state index in [9.17, 15) is 19.2 Å². The van der Waals surface area contributed by atoms with Crippen LogP contribution in [0.1, 0.15) is 26.3 Å². The van der Waals surface area contributed by atoms with Crippen LogP contribution in [0.25, 0.3) is 11.0 Å². The molecule has 0 saturated carbocycles. The summed E-state index contributed by atoms with van der Waals surface area (Å²) >= 11 is 0. The maximum Gasteiger partial charge on any atom is 0.351 e. The van der Waals surface area contributed by atoms with Crippen molar-refractivity contribution in [2.24, 2.45) is 0 Å². The van der Waals surface area contributed by atoms with Crippen LogP contribution in [0.3, 0.4) is 0 Å². The Morgan fingerprint density at radius 3 is 2.45 bits per heavy atom. The van der Waals surface area contributed by atoms with Gasteiger partial charge in [-0.25, -0.2) is 14.4 Å². The number of benzene rings is 2. The summed E-state index contributed by atoms with van der Waals surface area (Å²) in [4.78, 5) is 47.3. The first-order chi connectivity index (χ1) is 14.0. The van der Waals surface area contributed by atoms with E-state index in [2.05, 4.69) is 10.1 Å². The van der Waals surface area contributed by atoms with Gasteiger partial charge in [0.15, 0.2) is 6.61 Å². The van der Waals surface area contributed by atoms with Gasteiger partial charge in [-0.15, -0.1) is 0 Å². The van der Waals surface area contributed by atoms with Gasteiger partial charge in [0, 0.05) is 11.9 Å². The summed E-state index contributed by atoms with van der Waals surface area (Å²) in [5, 5.41) is 3.15. The second-order valence-corrected chi connectivity index (χ2v) is 6.03. The molecule has 3 rings (SSSR count). The molecule has 0 aliphatic heterocycles. The number of para-hydroxylation sites is 1. The fraction of sp³-hybridized carbons (Fsp3) is 0.143. The highest BCUT2D eigenvalue weighted by molar-refractivity contribution is 5.94. The van der Waals surface area contributed by atoms with Gasteiger partial charge >= 0.3 is 17.6 Å². The lowest BCUT2D eigenvalue weighted by Crippen LogP contribution is -2.29. The number of methoxy groups -OCH3 is 1. The van der Waals surface area contributed by atoms with E-state index in [-0.39, 0.29) is 12.1 Å². The molecule has 0 saturated heterocycles. The van der Waals surface area contributed by atoms with Gasteiger partial charge in [-0.1, -0.05) is 30.3 Å². The highest BCUT2D eigenvalue weighted by Gasteiger charge is 2.16. The van der Waals surface area contributed by atoms with Gasteiger partial charge in [0.2, 0.25) is 0 Å². The Morgan fingerprint density at radius 2 is 1.72 bits per heavy atom. The largest absolute Gasteiger partial charge is 0.465 e. The number of carbonyl (C=O) groups is 3. The predicted molar refractivity (Wildman–Crippen MR) is 102 cm³/mol. The average Bonchev–Trinajstić information content (AvgIpc) is 2.75. The maximum absolute atomic E-state index is 12.1. The smallest absolute Gasteiger partial charge is 0.351 e. The lowest BCUT2D eigenvalue weighted by atomic mass is 10.1. The minimum atomic E-state index is -0.943. The zero-order valence-electron chi connectivity index (χ0n) is 15.5. The Hall–Kier alpha value is -3.94. The van der Waals surface area contributed by atoms with Crippen molar-refractivity contribution in [1.29, 1.82) is 0 Å². The van der Waals surface area contributed by atoms with Crippen molar-refractivity contribution < 1.29 is 28.3 Å². The molecule has 0 atom stereocenters. The summed E-state index contributed by atoms with van der Waals surface area (Å²) in [6, 6.07) is 14.6. The van der Waals surface area contributed by atoms with Gasteiger partial charge in [0.1, 0.15) is 11.1 Å². The van der Waals surface area contributed by atoms with Crippen molar-refractivity contribution >= 4 is 28.8 Å². The van der Waals surface area contributed by atoms with E-state index < -0.39 is 30.1 Å². The molecule has 1 heterocycles. The molecule has 0 aliphatic carbocycles. The van der Waals surface area contributed by atoms with Crippen LogP contribution in [0.4, 0.5) is 0 Å². The van der Waals surface area contributed by atoms with Crippen LogP contribution in [0.15, 0.2) is 63.8 Å². The third-order valence-corrected chi connectivity index (χ3v) is 4.06. The van der Waals surface area contributed by atoms with E-state index in [1.807, 2.05) is 0 Å². The zero-order valence-corrected chi connectivity index (χ0v) is 15.5. The minimum absolute atomic E-state index is 0.177. The number of rotatable bonds is 6. The molecule has 29 heavy (non-hydrogen) atoms. The monoisotopic (exact) mass is 395 g/mol. The van der Waals surface area contributed by atoms with Crippen molar-refractivity contribution in [2.45, 2.75) is 6.54 Å². The van der Waals surface area contributed by atoms with Crippen LogP contribution in [-0.2, 0) is 20.8 Å². The zero-order chi connectivity index (χ0) is 20.8. The quantitative estimate of drug-likeness (QED) is 0.502. The van der Waals surface area contributed by atoms with Crippen LogP contribution < -0.4 is 10.9 Å². The Morgan fingerprint density at radius 1 is 1.00 bits per heavy atom. The maximum atomic E-state index is 12.1. The molecule has 1 N–H and O–H groups in total. The summed E-state index contributed by atoms with van der Waals surface area (Å²) in [5.41, 5.74) is 0.373. The Balaban J connectivity index is 1.54. The van der Waals surface area contributed by atoms with Crippen molar-refractivity contribution in [2.75, 3.05) is 13.7 Å². The van der Waals surface area contributed by atoms with E-state index >= 15 is 0 Å². The fourth-order valence-electron chi connectivity index (χ4n) is 2.54. The minimum Gasteiger partial charge on any atom is -0.465 e. The van der Waals surface area contributed by atoms with E-state index in [0.717, 1.165) is 5.56 Å². The van der Waals surface area contributed by atoms with Gasteiger partial charge in [0.25, 0.3) is 5.91 Å². The summed E-state index contributed by atoms with van der Waals surface area (Å²) < 4.78 is 14.6. The lowest BCUT2D eigenvalue weighted by molar-refractivity contribution is -0.124. The van der Waals surface area contributed by atoms with Crippen LogP contribution in [0.5, 0.6) is 0 Å². The summed E-state index contributed by atoms with van der Waals surface area (Å²) in [6.07, 6.45) is 0. The molecule has 1 amide bonds. The standard InChI is InChI=1S/C21H17NO7/c1-27-19(24)14-8-6-13(7-9-14)11-22-18(23)12-28-20(25)16-10-15-4-2-3-5-17(15)29-21(16)26/h2-10H,11-12H2,1H3,(H,22,23). The first kappa shape index (κ1) is 19.8. The first-order valence-electron chi connectivity index (χ1n) is 8.62. The molecule has 0 radical (unpaired) electrons. The number of hydrogen-bond acceptors (Lipinski definition) is 7. The SMILES string of the molecule is COC(=O)c1ccc(CNC(=O)COC(=O)c2cc3ccccc3oc2=O)cc1. The summed E-state index contributed by atoms with van der Waals surface area (Å²) in [5.74, 6) is -1.94. The second kappa shape index (κ2) is 8.83. The van der Waals surface area contributed by atoms with Gasteiger partial charge < -0.3 is 19.2 Å². The number of esters is 2. The second-order valence-electron chi connectivity index (χ2n) is 6.03. The molecule has 8 heteroatoms. The molecule has 0 aliphatic rings. The predicted octanol–water partition coefficient (Wildman–Crippen LogP) is 2.05. The topological polar surface area (TPSA) is 112 Å². The molecule has 0 spiro atoms. The molecule has 148 valence electrons. The van der Waals surface area contributed by atoms with Crippen molar-refractivity contribution in [3.05, 3.63) is 81.7 Å². The Kier molecular flexibility index (Phi) is 6.03. The Labute approximate surface area is 165 Å². The average molecular weight is 395 g/mol. The van der Waals surface area contributed by atoms with Crippen LogP contribution in [0, 0.1) is 0 Å². The van der Waals surface area contributed by atoms with Crippen LogP contribution >= 0.6 is 0 Å². The number of nitrogens with one attached hydrogen (secondary N) is 1. The third-order valence-electron chi connectivity index (χ3n) is 4.06. The Bertz CT molecular complexity index is 1120. The van der Waals surface area contributed by atoms with Crippen molar-refractivity contribution in [3.63, 3.8) is 0 Å². The van der Waals surface area contributed by atoms with Gasteiger partial charge in [-0.05, 0) is 29.8 Å². The van der Waals surface area contributed by atoms with Gasteiger partial charge in [-0.3, -0.25) is 4.79 Å². The molecule has 0 fully saturated rings. The summed E-state index contributed by atoms with van der Waals surface area (Å²) in [6.45, 7) is -0.374. The molecular formula is C21H17NO7. The first-order valence-corrected chi connectivity index (χ1v) is 8.62. The third kappa shape index (κ3) is 4.86. The van der Waals surface area contributed by atoms with Crippen LogP contribution in [0.2, 0.25) is 0 Å². The number of ether oxygens (including phenoxy) is 2. The molecular weight excluding hydrogens is 378 g/mol. The van der Waals surface area contributed by atoms with Crippen molar-refractivity contribution in [1.82, 2.24) is 5.32 Å². The highest BCUT2D eigenvalue weighted by atomic mass is 16.5. The van der Waals surface area contributed by atoms with E-state index in [0.29, 0.717) is 16.5 Å². The van der Waals surface area contributed by atoms with E-state index in [1.54, 1.807) is 48.5 Å². The fourth-order valence-corrected chi connectivity index (χ4v) is 2.54. The number of hydrogen-bond donors (Lipinski definition) is 1. The highest BCUT2D eigenvalue weighted by Crippen LogP contribution is 2.13. The lowest BCUT2D eigenvalue weighted by Gasteiger charge is -2.07. The normalized spacial score (nSPS) is 10.4. The van der Waals surface area contributed by atoms with E-state index in [1.165, 1.54) is 13.2 Å². The van der Waals surface area contributed by atoms with Crippen molar-refractivity contribution in [3.8, 4) is 0 Å². The van der Waals surface area contributed by atoms with E-state index in [4.69, 9.17) is 9.15 Å². The number of carbonyl (C=O) groups excluding carboxylic acids is 3.